The first-order valence-corrected chi connectivity index (χ1v) is 7.76. The van der Waals surface area contributed by atoms with Gasteiger partial charge in [0.05, 0.1) is 26.6 Å². The average Bonchev–Trinajstić information content (AvgIpc) is 3.15. The van der Waals surface area contributed by atoms with Crippen molar-refractivity contribution in [2.45, 2.75) is 12.0 Å². The second-order valence-electron chi connectivity index (χ2n) is 5.63. The minimum absolute atomic E-state index is 0.243. The van der Waals surface area contributed by atoms with E-state index in [4.69, 9.17) is 13.9 Å². The molecule has 0 amide bonds. The number of morpholine rings is 1. The molecule has 0 radical (unpaired) electrons. The summed E-state index contributed by atoms with van der Waals surface area (Å²) in [5.41, 5.74) is -0.495. The Morgan fingerprint density at radius 2 is 2.17 bits per heavy atom. The van der Waals surface area contributed by atoms with Crippen LogP contribution in [0, 0.1) is 0 Å². The van der Waals surface area contributed by atoms with Gasteiger partial charge < -0.3 is 19.0 Å². The summed E-state index contributed by atoms with van der Waals surface area (Å²) in [6.07, 6.45) is 3.38. The van der Waals surface area contributed by atoms with E-state index in [9.17, 15) is 9.90 Å². The molecular weight excluding hydrogens is 312 g/mol. The Morgan fingerprint density at radius 1 is 1.38 bits per heavy atom. The summed E-state index contributed by atoms with van der Waals surface area (Å²) in [6.45, 7) is 2.04. The summed E-state index contributed by atoms with van der Waals surface area (Å²) < 4.78 is 16.0. The summed E-state index contributed by atoms with van der Waals surface area (Å²) in [6, 6.07) is 6.97. The summed E-state index contributed by atoms with van der Waals surface area (Å²) >= 11 is 0. The third-order valence-corrected chi connectivity index (χ3v) is 4.30. The number of carboxylic acids is 1. The Labute approximate surface area is 139 Å². The molecule has 1 N–H and O–H groups in total. The summed E-state index contributed by atoms with van der Waals surface area (Å²) in [5, 5.41) is 10.1. The zero-order chi connectivity index (χ0) is 17.0. The van der Waals surface area contributed by atoms with Crippen molar-refractivity contribution in [3.8, 4) is 5.88 Å². The molecule has 0 spiro atoms. The van der Waals surface area contributed by atoms with Crippen molar-refractivity contribution in [2.24, 2.45) is 0 Å². The van der Waals surface area contributed by atoms with Gasteiger partial charge in [-0.15, -0.1) is 0 Å². The highest BCUT2D eigenvalue weighted by Crippen LogP contribution is 2.34. The summed E-state index contributed by atoms with van der Waals surface area (Å²) in [5.74, 6) is -0.0491. The minimum Gasteiger partial charge on any atom is -0.481 e. The monoisotopic (exact) mass is 332 g/mol. The van der Waals surface area contributed by atoms with Gasteiger partial charge in [0.15, 0.2) is 5.54 Å². The van der Waals surface area contributed by atoms with Crippen LogP contribution in [0.15, 0.2) is 41.1 Å². The maximum absolute atomic E-state index is 12.4. The molecule has 1 unspecified atom stereocenters. The normalized spacial score (nSPS) is 18.0. The lowest BCUT2D eigenvalue weighted by molar-refractivity contribution is -0.157. The molecule has 1 aliphatic heterocycles. The number of hydrogen-bond donors (Lipinski definition) is 1. The second kappa shape index (κ2) is 7.02. The maximum Gasteiger partial charge on any atom is 0.332 e. The number of methoxy groups -OCH3 is 1. The van der Waals surface area contributed by atoms with Gasteiger partial charge in [-0.25, -0.2) is 9.78 Å². The van der Waals surface area contributed by atoms with E-state index in [2.05, 4.69) is 4.98 Å². The molecule has 24 heavy (non-hydrogen) atoms. The molecule has 128 valence electrons. The van der Waals surface area contributed by atoms with E-state index in [0.29, 0.717) is 37.9 Å². The van der Waals surface area contributed by atoms with Crippen molar-refractivity contribution in [1.82, 2.24) is 9.88 Å². The number of nitrogens with zero attached hydrogens (tertiary/aromatic N) is 2. The number of aromatic nitrogens is 1. The van der Waals surface area contributed by atoms with Crippen molar-refractivity contribution in [1.29, 1.82) is 0 Å². The Balaban J connectivity index is 2.00. The van der Waals surface area contributed by atoms with Gasteiger partial charge in [0.2, 0.25) is 5.88 Å². The fraction of sp³-hybridized carbons (Fsp3) is 0.412. The van der Waals surface area contributed by atoms with Crippen LogP contribution in [0.3, 0.4) is 0 Å². The van der Waals surface area contributed by atoms with Gasteiger partial charge in [-0.3, -0.25) is 4.90 Å². The number of carbonyl (C=O) groups is 1. The van der Waals surface area contributed by atoms with Crippen molar-refractivity contribution in [2.75, 3.05) is 33.4 Å². The molecule has 1 aliphatic rings. The fourth-order valence-corrected chi connectivity index (χ4v) is 3.06. The van der Waals surface area contributed by atoms with E-state index in [-0.39, 0.29) is 6.42 Å². The number of ether oxygens (including phenoxy) is 2. The highest BCUT2D eigenvalue weighted by Gasteiger charge is 2.49. The first-order chi connectivity index (χ1) is 11.7. The molecule has 0 aromatic carbocycles. The predicted molar refractivity (Wildman–Crippen MR) is 84.9 cm³/mol. The first kappa shape index (κ1) is 16.5. The van der Waals surface area contributed by atoms with Crippen molar-refractivity contribution >= 4 is 5.97 Å². The van der Waals surface area contributed by atoms with Crippen LogP contribution in [-0.2, 0) is 21.5 Å². The summed E-state index contributed by atoms with van der Waals surface area (Å²) in [4.78, 5) is 18.4. The van der Waals surface area contributed by atoms with Gasteiger partial charge in [0, 0.05) is 31.8 Å². The molecule has 0 aliphatic carbocycles. The van der Waals surface area contributed by atoms with Crippen LogP contribution < -0.4 is 4.74 Å². The highest BCUT2D eigenvalue weighted by molar-refractivity contribution is 5.80. The topological polar surface area (TPSA) is 85.0 Å². The van der Waals surface area contributed by atoms with E-state index in [1.807, 2.05) is 11.0 Å². The molecule has 0 saturated carbocycles. The van der Waals surface area contributed by atoms with Crippen molar-refractivity contribution in [3.05, 3.63) is 48.0 Å². The Kier molecular flexibility index (Phi) is 4.82. The summed E-state index contributed by atoms with van der Waals surface area (Å²) in [7, 11) is 1.54. The lowest BCUT2D eigenvalue weighted by Gasteiger charge is -2.41. The van der Waals surface area contributed by atoms with Crippen LogP contribution in [0.1, 0.15) is 11.3 Å². The SMILES string of the molecule is COc1ccc(CC(C(=O)O)(c2ccco2)N2CCOCC2)cn1. The van der Waals surface area contributed by atoms with Crippen LogP contribution in [0.2, 0.25) is 0 Å². The average molecular weight is 332 g/mol. The van der Waals surface area contributed by atoms with Gasteiger partial charge in [-0.05, 0) is 17.7 Å². The number of carboxylic acid groups (broad SMARTS) is 1. The van der Waals surface area contributed by atoms with E-state index in [0.717, 1.165) is 5.56 Å². The standard InChI is InChI=1S/C17H20N2O5/c1-22-15-5-4-13(12-18-15)11-17(16(20)21,14-3-2-8-24-14)19-6-9-23-10-7-19/h2-5,8,12H,6-7,9-11H2,1H3,(H,20,21). The quantitative estimate of drug-likeness (QED) is 0.859. The van der Waals surface area contributed by atoms with E-state index < -0.39 is 11.5 Å². The van der Waals surface area contributed by atoms with Crippen molar-refractivity contribution < 1.29 is 23.8 Å². The van der Waals surface area contributed by atoms with Gasteiger partial charge >= 0.3 is 5.97 Å². The fourth-order valence-electron chi connectivity index (χ4n) is 3.06. The minimum atomic E-state index is -1.29. The number of pyridine rings is 1. The Morgan fingerprint density at radius 3 is 2.71 bits per heavy atom. The van der Waals surface area contributed by atoms with Crippen molar-refractivity contribution in [3.63, 3.8) is 0 Å². The molecule has 3 rings (SSSR count). The third-order valence-electron chi connectivity index (χ3n) is 4.30. The number of furan rings is 1. The molecular formula is C17H20N2O5. The Hall–Kier alpha value is -2.38. The molecule has 7 nitrogen and oxygen atoms in total. The Bertz CT molecular complexity index is 665. The van der Waals surface area contributed by atoms with Gasteiger partial charge in [0.1, 0.15) is 5.76 Å². The number of rotatable bonds is 6. The molecule has 7 heteroatoms. The van der Waals surface area contributed by atoms with E-state index in [1.165, 1.54) is 6.26 Å². The predicted octanol–water partition coefficient (Wildman–Crippen LogP) is 1.54. The van der Waals surface area contributed by atoms with Gasteiger partial charge in [0.25, 0.3) is 0 Å². The molecule has 0 bridgehead atoms. The molecule has 1 fully saturated rings. The molecule has 1 atom stereocenters. The lowest BCUT2D eigenvalue weighted by Crippen LogP contribution is -2.57. The van der Waals surface area contributed by atoms with E-state index >= 15 is 0 Å². The largest absolute Gasteiger partial charge is 0.481 e. The smallest absolute Gasteiger partial charge is 0.332 e. The highest BCUT2D eigenvalue weighted by atomic mass is 16.5. The molecule has 3 heterocycles. The van der Waals surface area contributed by atoms with Crippen LogP contribution in [0.25, 0.3) is 0 Å². The van der Waals surface area contributed by atoms with Gasteiger partial charge in [-0.1, -0.05) is 6.07 Å². The molecule has 1 saturated heterocycles. The van der Waals surface area contributed by atoms with Crippen LogP contribution >= 0.6 is 0 Å². The lowest BCUT2D eigenvalue weighted by atomic mass is 9.86. The van der Waals surface area contributed by atoms with E-state index in [1.54, 1.807) is 31.5 Å². The zero-order valence-corrected chi connectivity index (χ0v) is 13.5. The van der Waals surface area contributed by atoms with Crippen LogP contribution in [0.4, 0.5) is 0 Å². The maximum atomic E-state index is 12.4. The second-order valence-corrected chi connectivity index (χ2v) is 5.63. The van der Waals surface area contributed by atoms with Crippen LogP contribution in [-0.4, -0.2) is 54.4 Å². The molecule has 2 aromatic rings. The number of aliphatic carboxylic acids is 1. The number of hydrogen-bond acceptors (Lipinski definition) is 6. The molecule has 2 aromatic heterocycles. The first-order valence-electron chi connectivity index (χ1n) is 7.76. The van der Waals surface area contributed by atoms with Crippen LogP contribution in [0.5, 0.6) is 5.88 Å². The zero-order valence-electron chi connectivity index (χ0n) is 13.5. The van der Waals surface area contributed by atoms with Gasteiger partial charge in [-0.2, -0.15) is 0 Å². The third kappa shape index (κ3) is 3.00.